The van der Waals surface area contributed by atoms with Crippen molar-refractivity contribution in [2.45, 2.75) is 25.8 Å². The highest BCUT2D eigenvalue weighted by Gasteiger charge is 2.14. The lowest BCUT2D eigenvalue weighted by Gasteiger charge is -2.19. The second-order valence-corrected chi connectivity index (χ2v) is 4.99. The number of aryl methyl sites for hydroxylation is 1. The number of fused-ring (bicyclic) bond motifs is 2. The highest BCUT2D eigenvalue weighted by atomic mass is 16.6. The van der Waals surface area contributed by atoms with Crippen molar-refractivity contribution in [3.8, 4) is 11.5 Å². The fourth-order valence-electron chi connectivity index (χ4n) is 2.33. The van der Waals surface area contributed by atoms with Gasteiger partial charge in [-0.25, -0.2) is 0 Å². The Morgan fingerprint density at radius 3 is 2.74 bits per heavy atom. The molecule has 0 radical (unpaired) electrons. The SMILES string of the molecule is CC(N)CCc1nccc2cc3c(cc12)OCCO3. The van der Waals surface area contributed by atoms with Crippen LogP contribution in [0.1, 0.15) is 19.0 Å². The van der Waals surface area contributed by atoms with E-state index >= 15 is 0 Å². The van der Waals surface area contributed by atoms with E-state index in [1.54, 1.807) is 0 Å². The number of nitrogens with two attached hydrogens (primary N) is 1. The van der Waals surface area contributed by atoms with Crippen molar-refractivity contribution in [2.24, 2.45) is 5.73 Å². The Morgan fingerprint density at radius 2 is 2.00 bits per heavy atom. The first-order valence-corrected chi connectivity index (χ1v) is 6.67. The minimum Gasteiger partial charge on any atom is -0.486 e. The molecule has 4 nitrogen and oxygen atoms in total. The summed E-state index contributed by atoms with van der Waals surface area (Å²) in [4.78, 5) is 4.48. The Morgan fingerprint density at radius 1 is 1.26 bits per heavy atom. The number of pyridine rings is 1. The molecule has 1 aromatic carbocycles. The maximum atomic E-state index is 5.82. The first-order chi connectivity index (χ1) is 9.24. The summed E-state index contributed by atoms with van der Waals surface area (Å²) < 4.78 is 11.2. The van der Waals surface area contributed by atoms with Gasteiger partial charge in [-0.3, -0.25) is 4.98 Å². The average Bonchev–Trinajstić information content (AvgIpc) is 2.42. The van der Waals surface area contributed by atoms with Crippen LogP contribution in [0.4, 0.5) is 0 Å². The minimum absolute atomic E-state index is 0.189. The molecule has 4 heteroatoms. The molecule has 1 atom stereocenters. The zero-order valence-electron chi connectivity index (χ0n) is 11.1. The molecule has 1 aliphatic heterocycles. The normalized spacial score (nSPS) is 15.5. The van der Waals surface area contributed by atoms with Gasteiger partial charge in [-0.2, -0.15) is 0 Å². The molecule has 1 unspecified atom stereocenters. The van der Waals surface area contributed by atoms with Crippen LogP contribution in [-0.4, -0.2) is 24.2 Å². The van der Waals surface area contributed by atoms with Gasteiger partial charge in [0.2, 0.25) is 0 Å². The van der Waals surface area contributed by atoms with E-state index in [1.165, 1.54) is 0 Å². The van der Waals surface area contributed by atoms with E-state index in [-0.39, 0.29) is 6.04 Å². The molecule has 2 N–H and O–H groups in total. The van der Waals surface area contributed by atoms with Gasteiger partial charge in [0.25, 0.3) is 0 Å². The van der Waals surface area contributed by atoms with Crippen LogP contribution in [0.5, 0.6) is 11.5 Å². The second kappa shape index (κ2) is 5.05. The van der Waals surface area contributed by atoms with Crippen LogP contribution in [0.15, 0.2) is 24.4 Å². The number of rotatable bonds is 3. The van der Waals surface area contributed by atoms with Crippen molar-refractivity contribution in [1.29, 1.82) is 0 Å². The van der Waals surface area contributed by atoms with Gasteiger partial charge in [0, 0.05) is 23.3 Å². The van der Waals surface area contributed by atoms with Gasteiger partial charge >= 0.3 is 0 Å². The molecule has 100 valence electrons. The predicted molar refractivity (Wildman–Crippen MR) is 74.7 cm³/mol. The molecule has 0 saturated heterocycles. The van der Waals surface area contributed by atoms with E-state index < -0.39 is 0 Å². The van der Waals surface area contributed by atoms with Crippen LogP contribution in [0.25, 0.3) is 10.8 Å². The summed E-state index contributed by atoms with van der Waals surface area (Å²) in [7, 11) is 0. The van der Waals surface area contributed by atoms with Crippen LogP contribution in [0, 0.1) is 0 Å². The smallest absolute Gasteiger partial charge is 0.162 e. The number of hydrogen-bond acceptors (Lipinski definition) is 4. The number of nitrogens with zero attached hydrogens (tertiary/aromatic N) is 1. The summed E-state index contributed by atoms with van der Waals surface area (Å²) >= 11 is 0. The molecule has 0 aliphatic carbocycles. The zero-order chi connectivity index (χ0) is 13.2. The van der Waals surface area contributed by atoms with Crippen LogP contribution in [0.3, 0.4) is 0 Å². The van der Waals surface area contributed by atoms with Gasteiger partial charge in [0.05, 0.1) is 0 Å². The number of ether oxygens (including phenoxy) is 2. The number of hydrogen-bond donors (Lipinski definition) is 1. The molecular weight excluding hydrogens is 240 g/mol. The Kier molecular flexibility index (Phi) is 3.25. The quantitative estimate of drug-likeness (QED) is 0.917. The Balaban J connectivity index is 2.03. The van der Waals surface area contributed by atoms with Crippen molar-refractivity contribution in [3.63, 3.8) is 0 Å². The van der Waals surface area contributed by atoms with Crippen molar-refractivity contribution in [1.82, 2.24) is 4.98 Å². The van der Waals surface area contributed by atoms with Gasteiger partial charge in [-0.05, 0) is 43.4 Å². The van der Waals surface area contributed by atoms with Crippen LogP contribution < -0.4 is 15.2 Å². The van der Waals surface area contributed by atoms with Gasteiger partial charge in [0.15, 0.2) is 11.5 Å². The van der Waals surface area contributed by atoms with E-state index in [0.717, 1.165) is 40.8 Å². The molecule has 19 heavy (non-hydrogen) atoms. The summed E-state index contributed by atoms with van der Waals surface area (Å²) in [5.74, 6) is 1.64. The van der Waals surface area contributed by atoms with Gasteiger partial charge < -0.3 is 15.2 Å². The van der Waals surface area contributed by atoms with Crippen molar-refractivity contribution < 1.29 is 9.47 Å². The molecule has 1 aromatic heterocycles. The van der Waals surface area contributed by atoms with Gasteiger partial charge in [0.1, 0.15) is 13.2 Å². The molecule has 2 heterocycles. The monoisotopic (exact) mass is 258 g/mol. The van der Waals surface area contributed by atoms with E-state index in [2.05, 4.69) is 4.98 Å². The summed E-state index contributed by atoms with van der Waals surface area (Å²) in [5.41, 5.74) is 6.90. The lowest BCUT2D eigenvalue weighted by Crippen LogP contribution is -2.16. The third-order valence-electron chi connectivity index (χ3n) is 3.35. The van der Waals surface area contributed by atoms with Crippen LogP contribution in [-0.2, 0) is 6.42 Å². The lowest BCUT2D eigenvalue weighted by atomic mass is 10.0. The number of aromatic nitrogens is 1. The lowest BCUT2D eigenvalue weighted by molar-refractivity contribution is 0.172. The average molecular weight is 258 g/mol. The van der Waals surface area contributed by atoms with Crippen molar-refractivity contribution in [2.75, 3.05) is 13.2 Å². The molecular formula is C15H18N2O2. The zero-order valence-corrected chi connectivity index (χ0v) is 11.1. The first kappa shape index (κ1) is 12.2. The topological polar surface area (TPSA) is 57.4 Å². The van der Waals surface area contributed by atoms with E-state index in [9.17, 15) is 0 Å². The third kappa shape index (κ3) is 2.49. The molecule has 0 fully saturated rings. The molecule has 0 spiro atoms. The largest absolute Gasteiger partial charge is 0.486 e. The molecule has 0 bridgehead atoms. The fourth-order valence-corrected chi connectivity index (χ4v) is 2.33. The Bertz CT molecular complexity index is 596. The van der Waals surface area contributed by atoms with E-state index in [0.29, 0.717) is 13.2 Å². The summed E-state index contributed by atoms with van der Waals surface area (Å²) in [5, 5.41) is 2.27. The van der Waals surface area contributed by atoms with Gasteiger partial charge in [-0.15, -0.1) is 0 Å². The summed E-state index contributed by atoms with van der Waals surface area (Å²) in [6.45, 7) is 3.24. The summed E-state index contributed by atoms with van der Waals surface area (Å²) in [6.07, 6.45) is 3.66. The minimum atomic E-state index is 0.189. The summed E-state index contributed by atoms with van der Waals surface area (Å²) in [6, 6.07) is 6.26. The molecule has 0 saturated carbocycles. The molecule has 0 amide bonds. The standard InChI is InChI=1S/C15H18N2O2/c1-10(16)2-3-13-12-9-15-14(18-6-7-19-15)8-11(12)4-5-17-13/h4-5,8-10H,2-3,6-7,16H2,1H3. The second-order valence-electron chi connectivity index (χ2n) is 4.99. The fraction of sp³-hybridized carbons (Fsp3) is 0.400. The predicted octanol–water partition coefficient (Wildman–Crippen LogP) is 2.29. The maximum absolute atomic E-state index is 5.82. The highest BCUT2D eigenvalue weighted by molar-refractivity contribution is 5.88. The van der Waals surface area contributed by atoms with E-state index in [1.807, 2.05) is 31.3 Å². The molecule has 2 aromatic rings. The molecule has 1 aliphatic rings. The van der Waals surface area contributed by atoms with Crippen molar-refractivity contribution in [3.05, 3.63) is 30.1 Å². The van der Waals surface area contributed by atoms with Crippen LogP contribution >= 0.6 is 0 Å². The maximum Gasteiger partial charge on any atom is 0.162 e. The van der Waals surface area contributed by atoms with E-state index in [4.69, 9.17) is 15.2 Å². The number of benzene rings is 1. The third-order valence-corrected chi connectivity index (χ3v) is 3.35. The van der Waals surface area contributed by atoms with Crippen molar-refractivity contribution >= 4 is 10.8 Å². The Hall–Kier alpha value is -1.81. The molecule has 3 rings (SSSR count). The van der Waals surface area contributed by atoms with Gasteiger partial charge in [-0.1, -0.05) is 0 Å². The highest BCUT2D eigenvalue weighted by Crippen LogP contribution is 2.35. The Labute approximate surface area is 112 Å². The first-order valence-electron chi connectivity index (χ1n) is 6.67. The van der Waals surface area contributed by atoms with Crippen LogP contribution in [0.2, 0.25) is 0 Å².